The van der Waals surface area contributed by atoms with Crippen molar-refractivity contribution in [3.05, 3.63) is 69.6 Å². The lowest BCUT2D eigenvalue weighted by Gasteiger charge is -2.33. The highest BCUT2D eigenvalue weighted by atomic mass is 35.5. The Morgan fingerprint density at radius 3 is 2.54 bits per heavy atom. The monoisotopic (exact) mass is 532 g/mol. The van der Waals surface area contributed by atoms with Crippen molar-refractivity contribution in [3.8, 4) is 17.0 Å². The molecule has 2 aliphatic heterocycles. The van der Waals surface area contributed by atoms with Gasteiger partial charge in [0.2, 0.25) is 5.91 Å². The number of nitrogens with one attached hydrogen (secondary N) is 1. The van der Waals surface area contributed by atoms with Crippen LogP contribution in [0.5, 0.6) is 5.75 Å². The second kappa shape index (κ2) is 9.74. The van der Waals surface area contributed by atoms with E-state index in [0.717, 1.165) is 23.8 Å². The molecule has 1 saturated heterocycles. The summed E-state index contributed by atoms with van der Waals surface area (Å²) in [7, 11) is 1.68. The standard InChI is InChI=1S/C26H24ClF3N4O3/c1-13-24-19(25(33(2)32-24)15-6-16(28)8-17(29)7-15)3-4-34(13)26(36)20-9-18(30)10-21(23(20)27)37-12-14-5-22(35)31-11-14/h6-10,13-14H,3-5,11-12H2,1-2H3,(H,31,35). The molecule has 2 atom stereocenters. The Bertz CT molecular complexity index is 1390. The quantitative estimate of drug-likeness (QED) is 0.527. The van der Waals surface area contributed by atoms with Crippen LogP contribution in [0.15, 0.2) is 30.3 Å². The Labute approximate surface area is 216 Å². The first-order chi connectivity index (χ1) is 17.6. The van der Waals surface area contributed by atoms with Gasteiger partial charge in [-0.05, 0) is 31.5 Å². The number of fused-ring (bicyclic) bond motifs is 1. The van der Waals surface area contributed by atoms with Crippen LogP contribution in [0.25, 0.3) is 11.3 Å². The SMILES string of the molecule is CC1c2nn(C)c(-c3cc(F)cc(F)c3)c2CCN1C(=O)c1cc(F)cc(OCC2CNC(=O)C2)c1Cl. The highest BCUT2D eigenvalue weighted by molar-refractivity contribution is 6.35. The Morgan fingerprint density at radius 1 is 1.16 bits per heavy atom. The lowest BCUT2D eigenvalue weighted by atomic mass is 9.95. The van der Waals surface area contributed by atoms with E-state index in [1.807, 2.05) is 0 Å². The van der Waals surface area contributed by atoms with Crippen molar-refractivity contribution in [2.45, 2.75) is 25.8 Å². The average molecular weight is 533 g/mol. The van der Waals surface area contributed by atoms with E-state index in [4.69, 9.17) is 16.3 Å². The minimum Gasteiger partial charge on any atom is -0.492 e. The maximum Gasteiger partial charge on any atom is 0.256 e. The minimum absolute atomic E-state index is 0.0152. The van der Waals surface area contributed by atoms with Crippen LogP contribution < -0.4 is 10.1 Å². The third-order valence-corrected chi connectivity index (χ3v) is 7.20. The van der Waals surface area contributed by atoms with Crippen molar-refractivity contribution in [1.82, 2.24) is 20.0 Å². The van der Waals surface area contributed by atoms with E-state index in [-0.39, 0.29) is 41.3 Å². The molecule has 3 aromatic rings. The molecule has 3 heterocycles. The first kappa shape index (κ1) is 25.1. The number of hydrogen-bond donors (Lipinski definition) is 1. The van der Waals surface area contributed by atoms with E-state index in [1.165, 1.54) is 17.0 Å². The smallest absolute Gasteiger partial charge is 0.256 e. The Balaban J connectivity index is 1.41. The third-order valence-electron chi connectivity index (χ3n) is 6.81. The average Bonchev–Trinajstić information content (AvgIpc) is 3.41. The molecule has 5 rings (SSSR count). The number of carbonyl (C=O) groups excluding carboxylic acids is 2. The van der Waals surface area contributed by atoms with Gasteiger partial charge in [-0.2, -0.15) is 5.10 Å². The second-order valence-electron chi connectivity index (χ2n) is 9.37. The summed E-state index contributed by atoms with van der Waals surface area (Å²) in [6.45, 7) is 2.66. The van der Waals surface area contributed by atoms with Gasteiger partial charge in [-0.1, -0.05) is 11.6 Å². The van der Waals surface area contributed by atoms with Gasteiger partial charge in [0, 0.05) is 55.7 Å². The van der Waals surface area contributed by atoms with E-state index < -0.39 is 29.4 Å². The van der Waals surface area contributed by atoms with Crippen LogP contribution in [0.2, 0.25) is 5.02 Å². The van der Waals surface area contributed by atoms with E-state index in [9.17, 15) is 22.8 Å². The number of carbonyl (C=O) groups is 2. The van der Waals surface area contributed by atoms with Gasteiger partial charge in [0.1, 0.15) is 23.2 Å². The number of amides is 2. The number of rotatable bonds is 5. The summed E-state index contributed by atoms with van der Waals surface area (Å²) < 4.78 is 49.5. The zero-order valence-corrected chi connectivity index (χ0v) is 20.9. The van der Waals surface area contributed by atoms with Crippen molar-refractivity contribution in [2.24, 2.45) is 13.0 Å². The number of hydrogen-bond acceptors (Lipinski definition) is 4. The van der Waals surface area contributed by atoms with Crippen LogP contribution in [0.4, 0.5) is 13.2 Å². The Morgan fingerprint density at radius 2 is 1.86 bits per heavy atom. The zero-order chi connectivity index (χ0) is 26.4. The predicted molar refractivity (Wildman–Crippen MR) is 130 cm³/mol. The fraction of sp³-hybridized carbons (Fsp3) is 0.346. The van der Waals surface area contributed by atoms with Gasteiger partial charge < -0.3 is 15.0 Å². The molecule has 2 unspecified atom stereocenters. The molecule has 0 saturated carbocycles. The summed E-state index contributed by atoms with van der Waals surface area (Å²) in [6, 6.07) is 4.97. The summed E-state index contributed by atoms with van der Waals surface area (Å²) in [5, 5.41) is 7.24. The van der Waals surface area contributed by atoms with Crippen molar-refractivity contribution in [2.75, 3.05) is 19.7 Å². The summed E-state index contributed by atoms with van der Waals surface area (Å²) in [5.74, 6) is -2.68. The normalized spacial score (nSPS) is 19.1. The molecule has 0 spiro atoms. The molecule has 11 heteroatoms. The summed E-state index contributed by atoms with van der Waals surface area (Å²) in [4.78, 5) is 26.5. The van der Waals surface area contributed by atoms with Crippen LogP contribution in [-0.4, -0.2) is 46.2 Å². The Hall–Kier alpha value is -3.53. The van der Waals surface area contributed by atoms with Gasteiger partial charge in [-0.15, -0.1) is 0 Å². The molecule has 0 bridgehead atoms. The van der Waals surface area contributed by atoms with E-state index >= 15 is 0 Å². The van der Waals surface area contributed by atoms with E-state index in [1.54, 1.807) is 18.7 Å². The number of aromatic nitrogens is 2. The maximum absolute atomic E-state index is 14.5. The van der Waals surface area contributed by atoms with Crippen LogP contribution >= 0.6 is 11.6 Å². The van der Waals surface area contributed by atoms with Gasteiger partial charge in [-0.25, -0.2) is 13.2 Å². The number of benzene rings is 2. The molecule has 2 aliphatic rings. The molecule has 0 aliphatic carbocycles. The lowest BCUT2D eigenvalue weighted by Crippen LogP contribution is -2.39. The predicted octanol–water partition coefficient (Wildman–Crippen LogP) is 4.43. The molecule has 7 nitrogen and oxygen atoms in total. The molecule has 37 heavy (non-hydrogen) atoms. The highest BCUT2D eigenvalue weighted by Crippen LogP contribution is 2.38. The Kier molecular flexibility index (Phi) is 6.61. The summed E-state index contributed by atoms with van der Waals surface area (Å²) in [6.07, 6.45) is 0.687. The van der Waals surface area contributed by atoms with Gasteiger partial charge in [0.05, 0.1) is 34.6 Å². The van der Waals surface area contributed by atoms with Crippen molar-refractivity contribution >= 4 is 23.4 Å². The van der Waals surface area contributed by atoms with Crippen molar-refractivity contribution in [1.29, 1.82) is 0 Å². The highest BCUT2D eigenvalue weighted by Gasteiger charge is 2.35. The second-order valence-corrected chi connectivity index (χ2v) is 9.75. The molecule has 2 amide bonds. The fourth-order valence-corrected chi connectivity index (χ4v) is 5.29. The first-order valence-electron chi connectivity index (χ1n) is 11.8. The zero-order valence-electron chi connectivity index (χ0n) is 20.2. The topological polar surface area (TPSA) is 76.5 Å². The number of halogens is 4. The fourth-order valence-electron chi connectivity index (χ4n) is 5.04. The summed E-state index contributed by atoms with van der Waals surface area (Å²) >= 11 is 6.48. The third kappa shape index (κ3) is 4.77. The van der Waals surface area contributed by atoms with Gasteiger partial charge in [0.25, 0.3) is 5.91 Å². The van der Waals surface area contributed by atoms with Gasteiger partial charge in [-0.3, -0.25) is 14.3 Å². The van der Waals surface area contributed by atoms with E-state index in [2.05, 4.69) is 10.4 Å². The molecule has 0 radical (unpaired) electrons. The number of aryl methyl sites for hydroxylation is 1. The largest absolute Gasteiger partial charge is 0.492 e. The van der Waals surface area contributed by atoms with Crippen molar-refractivity contribution < 1.29 is 27.5 Å². The van der Waals surface area contributed by atoms with Crippen LogP contribution in [0, 0.1) is 23.4 Å². The lowest BCUT2D eigenvalue weighted by molar-refractivity contribution is -0.119. The van der Waals surface area contributed by atoms with Gasteiger partial charge in [0.15, 0.2) is 0 Å². The number of nitrogens with zero attached hydrogens (tertiary/aromatic N) is 3. The van der Waals surface area contributed by atoms with Crippen LogP contribution in [0.3, 0.4) is 0 Å². The summed E-state index contributed by atoms with van der Waals surface area (Å²) in [5.41, 5.74) is 2.26. The molecular formula is C26H24ClF3N4O3. The van der Waals surface area contributed by atoms with Crippen LogP contribution in [0.1, 0.15) is 41.0 Å². The minimum atomic E-state index is -0.694. The van der Waals surface area contributed by atoms with Crippen molar-refractivity contribution in [3.63, 3.8) is 0 Å². The number of ether oxygens (including phenoxy) is 1. The molecule has 1 fully saturated rings. The molecule has 1 aromatic heterocycles. The molecule has 1 N–H and O–H groups in total. The molecular weight excluding hydrogens is 509 g/mol. The molecule has 194 valence electrons. The first-order valence-corrected chi connectivity index (χ1v) is 12.2. The van der Waals surface area contributed by atoms with Gasteiger partial charge >= 0.3 is 0 Å². The van der Waals surface area contributed by atoms with E-state index in [0.29, 0.717) is 36.3 Å². The maximum atomic E-state index is 14.5. The molecule has 2 aromatic carbocycles. The van der Waals surface area contributed by atoms with Crippen LogP contribution in [-0.2, 0) is 18.3 Å².